The molecule has 0 aliphatic carbocycles. The number of aromatic nitrogens is 2. The van der Waals surface area contributed by atoms with Crippen LogP contribution >= 0.6 is 23.2 Å². The second-order valence-electron chi connectivity index (χ2n) is 5.81. The van der Waals surface area contributed by atoms with Crippen LogP contribution in [-0.2, 0) is 13.0 Å². The zero-order valence-corrected chi connectivity index (χ0v) is 15.7. The number of nitrogens with one attached hydrogen (secondary N) is 1. The molecule has 0 unspecified atom stereocenters. The van der Waals surface area contributed by atoms with Crippen molar-refractivity contribution >= 4 is 40.5 Å². The molecule has 1 amide bonds. The average Bonchev–Trinajstić information content (AvgIpc) is 3.03. The van der Waals surface area contributed by atoms with E-state index in [1.54, 1.807) is 18.3 Å². The molecule has 1 aromatic heterocycles. The Kier molecular flexibility index (Phi) is 5.49. The summed E-state index contributed by atoms with van der Waals surface area (Å²) in [6.45, 7) is 2.60. The number of nitrogens with zero attached hydrogens (tertiary/aromatic N) is 2. The van der Waals surface area contributed by atoms with E-state index < -0.39 is 0 Å². The minimum absolute atomic E-state index is 0.266. The van der Waals surface area contributed by atoms with Gasteiger partial charge in [0.1, 0.15) is 0 Å². The van der Waals surface area contributed by atoms with Gasteiger partial charge in [-0.1, -0.05) is 60.5 Å². The predicted molar refractivity (Wildman–Crippen MR) is 106 cm³/mol. The molecular formula is C19H18Cl2N4O. The molecule has 1 heterocycles. The highest BCUT2D eigenvalue weighted by Crippen LogP contribution is 2.31. The Morgan fingerprint density at radius 1 is 1.19 bits per heavy atom. The topological polar surface area (TPSA) is 72.9 Å². The lowest BCUT2D eigenvalue weighted by atomic mass is 10.1. The molecule has 2 aromatic carbocycles. The van der Waals surface area contributed by atoms with Crippen molar-refractivity contribution in [3.63, 3.8) is 0 Å². The Hall–Kier alpha value is -2.50. The van der Waals surface area contributed by atoms with Crippen LogP contribution in [0.15, 0.2) is 48.7 Å². The summed E-state index contributed by atoms with van der Waals surface area (Å²) in [7, 11) is 0. The maximum absolute atomic E-state index is 12.7. The lowest BCUT2D eigenvalue weighted by Gasteiger charge is -2.10. The molecule has 3 rings (SSSR count). The van der Waals surface area contributed by atoms with Crippen LogP contribution in [0.4, 0.5) is 11.4 Å². The maximum Gasteiger partial charge on any atom is 0.259 e. The summed E-state index contributed by atoms with van der Waals surface area (Å²) in [5.41, 5.74) is 9.00. The summed E-state index contributed by atoms with van der Waals surface area (Å²) in [6, 6.07) is 13.1. The molecule has 0 saturated heterocycles. The summed E-state index contributed by atoms with van der Waals surface area (Å²) >= 11 is 12.0. The van der Waals surface area contributed by atoms with Crippen LogP contribution in [0.25, 0.3) is 0 Å². The van der Waals surface area contributed by atoms with Crippen LogP contribution in [0.1, 0.15) is 28.5 Å². The molecule has 7 heteroatoms. The van der Waals surface area contributed by atoms with Crippen LogP contribution < -0.4 is 11.1 Å². The van der Waals surface area contributed by atoms with Gasteiger partial charge in [-0.05, 0) is 24.1 Å². The molecule has 0 aliphatic heterocycles. The largest absolute Gasteiger partial charge is 0.396 e. The summed E-state index contributed by atoms with van der Waals surface area (Å²) in [6.07, 6.45) is 2.26. The van der Waals surface area contributed by atoms with Crippen molar-refractivity contribution < 1.29 is 4.79 Å². The highest BCUT2D eigenvalue weighted by Gasteiger charge is 2.17. The number of hydrogen-bond donors (Lipinski definition) is 2. The van der Waals surface area contributed by atoms with Gasteiger partial charge in [0.2, 0.25) is 0 Å². The van der Waals surface area contributed by atoms with Gasteiger partial charge in [0.05, 0.1) is 39.7 Å². The normalized spacial score (nSPS) is 10.7. The van der Waals surface area contributed by atoms with Crippen LogP contribution in [0, 0.1) is 0 Å². The van der Waals surface area contributed by atoms with Gasteiger partial charge >= 0.3 is 0 Å². The Balaban J connectivity index is 1.84. The van der Waals surface area contributed by atoms with Crippen LogP contribution in [0.5, 0.6) is 0 Å². The van der Waals surface area contributed by atoms with Crippen molar-refractivity contribution in [2.75, 3.05) is 11.1 Å². The fourth-order valence-electron chi connectivity index (χ4n) is 2.72. The van der Waals surface area contributed by atoms with Crippen molar-refractivity contribution in [2.45, 2.75) is 19.9 Å². The number of amides is 1. The van der Waals surface area contributed by atoms with Crippen molar-refractivity contribution in [1.82, 2.24) is 9.78 Å². The lowest BCUT2D eigenvalue weighted by Crippen LogP contribution is -2.15. The highest BCUT2D eigenvalue weighted by atomic mass is 35.5. The standard InChI is InChI=1S/C19H18Cl2N4O/c1-2-17-14(10-23-25(17)11-12-6-4-3-5-7-12)19(26)24-13-8-15(20)18(22)16(21)9-13/h3-10H,2,11,22H2,1H3,(H,24,26). The number of carbonyl (C=O) groups is 1. The molecular weight excluding hydrogens is 371 g/mol. The van der Waals surface area contributed by atoms with Gasteiger partial charge in [-0.2, -0.15) is 5.10 Å². The molecule has 0 aliphatic rings. The zero-order valence-electron chi connectivity index (χ0n) is 14.2. The number of hydrogen-bond acceptors (Lipinski definition) is 3. The van der Waals surface area contributed by atoms with Crippen LogP contribution in [-0.4, -0.2) is 15.7 Å². The molecule has 3 N–H and O–H groups in total. The summed E-state index contributed by atoms with van der Waals surface area (Å²) in [5, 5.41) is 7.77. The summed E-state index contributed by atoms with van der Waals surface area (Å²) < 4.78 is 1.84. The third-order valence-electron chi connectivity index (χ3n) is 4.04. The third kappa shape index (κ3) is 3.84. The second-order valence-corrected chi connectivity index (χ2v) is 6.62. The van der Waals surface area contributed by atoms with Gasteiger partial charge in [0.25, 0.3) is 5.91 Å². The van der Waals surface area contributed by atoms with E-state index in [-0.39, 0.29) is 11.6 Å². The van der Waals surface area contributed by atoms with Gasteiger partial charge in [0.15, 0.2) is 0 Å². The minimum Gasteiger partial charge on any atom is -0.396 e. The second kappa shape index (κ2) is 7.81. The SMILES string of the molecule is CCc1c(C(=O)Nc2cc(Cl)c(N)c(Cl)c2)cnn1Cc1ccccc1. The van der Waals surface area contributed by atoms with Gasteiger partial charge in [-0.3, -0.25) is 9.48 Å². The smallest absolute Gasteiger partial charge is 0.259 e. The summed E-state index contributed by atoms with van der Waals surface area (Å²) in [4.78, 5) is 12.7. The van der Waals surface area contributed by atoms with E-state index in [2.05, 4.69) is 10.4 Å². The molecule has 134 valence electrons. The number of anilines is 2. The Morgan fingerprint density at radius 2 is 1.85 bits per heavy atom. The predicted octanol–water partition coefficient (Wildman–Crippen LogP) is 4.64. The van der Waals surface area contributed by atoms with E-state index in [1.165, 1.54) is 0 Å². The zero-order chi connectivity index (χ0) is 18.7. The highest BCUT2D eigenvalue weighted by molar-refractivity contribution is 6.39. The first-order valence-corrected chi connectivity index (χ1v) is 8.89. The van der Waals surface area contributed by atoms with Crippen LogP contribution in [0.3, 0.4) is 0 Å². The van der Waals surface area contributed by atoms with Gasteiger partial charge in [-0.25, -0.2) is 0 Å². The first kappa shape index (κ1) is 18.3. The number of nitrogens with two attached hydrogens (primary N) is 1. The summed E-state index contributed by atoms with van der Waals surface area (Å²) in [5.74, 6) is -0.266. The van der Waals surface area contributed by atoms with E-state index in [4.69, 9.17) is 28.9 Å². The molecule has 3 aromatic rings. The van der Waals surface area contributed by atoms with Crippen molar-refractivity contribution in [3.05, 3.63) is 75.5 Å². The van der Waals surface area contributed by atoms with Crippen molar-refractivity contribution in [1.29, 1.82) is 0 Å². The molecule has 5 nitrogen and oxygen atoms in total. The number of halogens is 2. The molecule has 0 radical (unpaired) electrons. The van der Waals surface area contributed by atoms with Gasteiger partial charge < -0.3 is 11.1 Å². The average molecular weight is 389 g/mol. The Morgan fingerprint density at radius 3 is 2.46 bits per heavy atom. The van der Waals surface area contributed by atoms with E-state index in [0.717, 1.165) is 11.3 Å². The van der Waals surface area contributed by atoms with Gasteiger partial charge in [0, 0.05) is 5.69 Å². The van der Waals surface area contributed by atoms with Crippen LogP contribution in [0.2, 0.25) is 10.0 Å². The number of rotatable bonds is 5. The molecule has 0 saturated carbocycles. The fourth-order valence-corrected chi connectivity index (χ4v) is 3.21. The quantitative estimate of drug-likeness (QED) is 0.625. The molecule has 0 spiro atoms. The molecule has 0 atom stereocenters. The third-order valence-corrected chi connectivity index (χ3v) is 4.67. The number of benzene rings is 2. The first-order chi connectivity index (χ1) is 12.5. The Labute approximate surface area is 161 Å². The minimum atomic E-state index is -0.266. The fraction of sp³-hybridized carbons (Fsp3) is 0.158. The monoisotopic (exact) mass is 388 g/mol. The van der Waals surface area contributed by atoms with Gasteiger partial charge in [-0.15, -0.1) is 0 Å². The lowest BCUT2D eigenvalue weighted by molar-refractivity contribution is 0.102. The van der Waals surface area contributed by atoms with Crippen molar-refractivity contribution in [2.24, 2.45) is 0 Å². The van der Waals surface area contributed by atoms with Crippen molar-refractivity contribution in [3.8, 4) is 0 Å². The molecule has 0 fully saturated rings. The number of carbonyl (C=O) groups excluding carboxylic acids is 1. The maximum atomic E-state index is 12.7. The van der Waals surface area contributed by atoms with E-state index in [9.17, 15) is 4.79 Å². The molecule has 26 heavy (non-hydrogen) atoms. The molecule has 0 bridgehead atoms. The number of nitrogen functional groups attached to an aromatic ring is 1. The Bertz CT molecular complexity index is 915. The van der Waals surface area contributed by atoms with E-state index >= 15 is 0 Å². The van der Waals surface area contributed by atoms with E-state index in [0.29, 0.717) is 34.3 Å². The van der Waals surface area contributed by atoms with E-state index in [1.807, 2.05) is 41.9 Å². The first-order valence-electron chi connectivity index (χ1n) is 8.14.